The van der Waals surface area contributed by atoms with Crippen molar-refractivity contribution < 1.29 is 22.7 Å². The zero-order valence-electron chi connectivity index (χ0n) is 18.3. The number of hydrogen-bond acceptors (Lipinski definition) is 3. The second-order valence-electron chi connectivity index (χ2n) is 8.70. The Kier molecular flexibility index (Phi) is 7.05. The van der Waals surface area contributed by atoms with Crippen LogP contribution in [-0.4, -0.2) is 61.3 Å². The molecule has 2 fully saturated rings. The Morgan fingerprint density at radius 2 is 1.82 bits per heavy atom. The molecule has 0 aromatic heterocycles. The molecule has 0 bridgehead atoms. The highest BCUT2D eigenvalue weighted by atomic mass is 35.5. The van der Waals surface area contributed by atoms with E-state index in [0.717, 1.165) is 42.3 Å². The second kappa shape index (κ2) is 9.81. The lowest BCUT2D eigenvalue weighted by atomic mass is 10.0. The number of alkyl halides is 3. The van der Waals surface area contributed by atoms with Crippen LogP contribution in [0.2, 0.25) is 5.02 Å². The van der Waals surface area contributed by atoms with Crippen LogP contribution >= 0.6 is 11.6 Å². The van der Waals surface area contributed by atoms with E-state index in [1.165, 1.54) is 18.2 Å². The molecule has 178 valence electrons. The van der Waals surface area contributed by atoms with Gasteiger partial charge in [0, 0.05) is 31.2 Å². The number of likely N-dealkylation sites (tertiary alicyclic amines) is 2. The number of hydrogen-bond donors (Lipinski definition) is 0. The maximum absolute atomic E-state index is 12.9. The zero-order chi connectivity index (χ0) is 23.6. The van der Waals surface area contributed by atoms with Gasteiger partial charge in [0.05, 0.1) is 5.56 Å². The molecule has 2 aromatic carbocycles. The lowest BCUT2D eigenvalue weighted by Gasteiger charge is -2.25. The van der Waals surface area contributed by atoms with Crippen LogP contribution < -0.4 is 4.74 Å². The number of ether oxygens (including phenoxy) is 1. The molecule has 2 atom stereocenters. The summed E-state index contributed by atoms with van der Waals surface area (Å²) < 4.78 is 42.1. The van der Waals surface area contributed by atoms with Crippen molar-refractivity contribution in [1.29, 1.82) is 0 Å². The molecule has 4 rings (SSSR count). The minimum Gasteiger partial charge on any atom is -0.684 e. The van der Waals surface area contributed by atoms with E-state index in [-0.39, 0.29) is 5.56 Å². The number of para-hydroxylation sites is 1. The van der Waals surface area contributed by atoms with Crippen LogP contribution in [0.25, 0.3) is 5.32 Å². The van der Waals surface area contributed by atoms with Crippen LogP contribution in [0.3, 0.4) is 0 Å². The van der Waals surface area contributed by atoms with Gasteiger partial charge in [-0.05, 0) is 43.0 Å². The average Bonchev–Trinajstić information content (AvgIpc) is 3.31. The Balaban J connectivity index is 1.24. The fraction of sp³-hybridized carbons (Fsp3) is 0.458. The van der Waals surface area contributed by atoms with Crippen molar-refractivity contribution in [2.24, 2.45) is 11.8 Å². The van der Waals surface area contributed by atoms with Crippen LogP contribution in [0.15, 0.2) is 42.5 Å². The Morgan fingerprint density at radius 3 is 2.48 bits per heavy atom. The van der Waals surface area contributed by atoms with Gasteiger partial charge in [-0.1, -0.05) is 48.4 Å². The van der Waals surface area contributed by atoms with Gasteiger partial charge in [0.25, 0.3) is 5.91 Å². The van der Waals surface area contributed by atoms with Crippen molar-refractivity contribution >= 4 is 23.2 Å². The van der Waals surface area contributed by atoms with Crippen LogP contribution in [0.1, 0.15) is 22.3 Å². The van der Waals surface area contributed by atoms with Crippen molar-refractivity contribution in [3.05, 3.63) is 63.9 Å². The lowest BCUT2D eigenvalue weighted by Crippen LogP contribution is -2.34. The fourth-order valence-electron chi connectivity index (χ4n) is 4.65. The van der Waals surface area contributed by atoms with Gasteiger partial charge in [-0.25, -0.2) is 0 Å². The lowest BCUT2D eigenvalue weighted by molar-refractivity contribution is -0.274. The van der Waals surface area contributed by atoms with Gasteiger partial charge < -0.3 is 19.9 Å². The number of nitrogens with zero attached hydrogens (tertiary/aromatic N) is 3. The highest BCUT2D eigenvalue weighted by molar-refractivity contribution is 6.31. The maximum Gasteiger partial charge on any atom is 0.573 e. The van der Waals surface area contributed by atoms with Crippen LogP contribution in [-0.2, 0) is 0 Å². The molecular formula is C24H26ClF3N3O2-. The summed E-state index contributed by atoms with van der Waals surface area (Å²) in [6, 6.07) is 11.3. The molecule has 33 heavy (non-hydrogen) atoms. The third-order valence-electron chi connectivity index (χ3n) is 6.27. The Hall–Kier alpha value is -2.45. The molecule has 9 heteroatoms. The minimum atomic E-state index is -4.84. The summed E-state index contributed by atoms with van der Waals surface area (Å²) in [5.41, 5.74) is 1.86. The van der Waals surface area contributed by atoms with Crippen molar-refractivity contribution in [3.8, 4) is 5.75 Å². The molecule has 2 unspecified atom stereocenters. The first kappa shape index (κ1) is 23.7. The first-order valence-corrected chi connectivity index (χ1v) is 11.4. The third kappa shape index (κ3) is 5.92. The van der Waals surface area contributed by atoms with E-state index in [0.29, 0.717) is 31.5 Å². The largest absolute Gasteiger partial charge is 0.684 e. The molecule has 0 spiro atoms. The van der Waals surface area contributed by atoms with Gasteiger partial charge in [-0.3, -0.25) is 4.79 Å². The molecular weight excluding hydrogens is 455 g/mol. The van der Waals surface area contributed by atoms with Crippen molar-refractivity contribution in [2.75, 3.05) is 39.3 Å². The molecule has 5 nitrogen and oxygen atoms in total. The van der Waals surface area contributed by atoms with Gasteiger partial charge in [0.2, 0.25) is 0 Å². The van der Waals surface area contributed by atoms with Gasteiger partial charge in [-0.15, -0.1) is 25.4 Å². The van der Waals surface area contributed by atoms with E-state index in [1.807, 2.05) is 25.1 Å². The quantitative estimate of drug-likeness (QED) is 0.481. The molecule has 2 aliphatic rings. The number of carbonyl (C=O) groups excluding carboxylic acids is 1. The Labute approximate surface area is 196 Å². The van der Waals surface area contributed by atoms with E-state index in [2.05, 4.69) is 15.0 Å². The van der Waals surface area contributed by atoms with Crippen molar-refractivity contribution in [3.63, 3.8) is 0 Å². The molecule has 0 radical (unpaired) electrons. The Morgan fingerprint density at radius 1 is 1.12 bits per heavy atom. The van der Waals surface area contributed by atoms with Crippen molar-refractivity contribution in [2.45, 2.75) is 19.7 Å². The Bertz CT molecular complexity index is 987. The van der Waals surface area contributed by atoms with E-state index in [9.17, 15) is 18.0 Å². The highest BCUT2D eigenvalue weighted by Gasteiger charge is 2.42. The van der Waals surface area contributed by atoms with Gasteiger partial charge in [-0.2, -0.15) is 0 Å². The molecule has 2 aromatic rings. The van der Waals surface area contributed by atoms with Gasteiger partial charge in [0.15, 0.2) is 0 Å². The van der Waals surface area contributed by atoms with E-state index >= 15 is 0 Å². The number of rotatable bonds is 7. The summed E-state index contributed by atoms with van der Waals surface area (Å²) in [6.45, 7) is 6.45. The van der Waals surface area contributed by atoms with Gasteiger partial charge >= 0.3 is 6.36 Å². The number of benzene rings is 2. The summed E-state index contributed by atoms with van der Waals surface area (Å²) >= 11 is 6.14. The number of halogens is 4. The summed E-state index contributed by atoms with van der Waals surface area (Å²) in [5, 5.41) is 5.31. The fourth-order valence-corrected chi connectivity index (χ4v) is 4.82. The number of fused-ring (bicyclic) bond motifs is 1. The van der Waals surface area contributed by atoms with E-state index in [1.54, 1.807) is 11.0 Å². The molecule has 2 saturated heterocycles. The van der Waals surface area contributed by atoms with Crippen molar-refractivity contribution in [1.82, 2.24) is 9.80 Å². The minimum absolute atomic E-state index is 0.0514. The summed E-state index contributed by atoms with van der Waals surface area (Å²) in [7, 11) is 0. The average molecular weight is 481 g/mol. The standard InChI is InChI=1S/C24H26ClF3N3O2/c1-16-7-8-19(11-21(16)25)29-9-4-10-30-12-17-14-31(15-18(17)13-30)23(32)20-5-2-3-6-22(20)33-24(26,27)28/h2-3,5-8,11,17-18H,4,9-10,12-15H2,1H3/q-1. The monoisotopic (exact) mass is 480 g/mol. The highest BCUT2D eigenvalue weighted by Crippen LogP contribution is 2.34. The topological polar surface area (TPSA) is 46.9 Å². The first-order chi connectivity index (χ1) is 15.7. The third-order valence-corrected chi connectivity index (χ3v) is 6.68. The van der Waals surface area contributed by atoms with Crippen LogP contribution in [0, 0.1) is 18.8 Å². The van der Waals surface area contributed by atoms with Gasteiger partial charge in [0.1, 0.15) is 5.75 Å². The first-order valence-electron chi connectivity index (χ1n) is 11.0. The smallest absolute Gasteiger partial charge is 0.573 e. The molecule has 2 heterocycles. The van der Waals surface area contributed by atoms with E-state index in [4.69, 9.17) is 11.6 Å². The number of aryl methyl sites for hydroxylation is 1. The van der Waals surface area contributed by atoms with E-state index < -0.39 is 18.0 Å². The summed E-state index contributed by atoms with van der Waals surface area (Å²) in [4.78, 5) is 16.9. The SMILES string of the molecule is Cc1ccc([N-]CCCN2CC3CN(C(=O)c4ccccc4OC(F)(F)F)CC3C2)cc1Cl. The summed E-state index contributed by atoms with van der Waals surface area (Å²) in [5.74, 6) is -0.200. The second-order valence-corrected chi connectivity index (χ2v) is 9.11. The van der Waals surface area contributed by atoms with Crippen LogP contribution in [0.4, 0.5) is 18.9 Å². The maximum atomic E-state index is 12.9. The number of amides is 1. The molecule has 1 amide bonds. The summed E-state index contributed by atoms with van der Waals surface area (Å²) in [6.07, 6.45) is -3.91. The zero-order valence-corrected chi connectivity index (χ0v) is 19.1. The van der Waals surface area contributed by atoms with Crippen LogP contribution in [0.5, 0.6) is 5.75 Å². The molecule has 0 saturated carbocycles. The molecule has 2 aliphatic heterocycles. The molecule has 0 aliphatic carbocycles. The predicted octanol–water partition coefficient (Wildman–Crippen LogP) is 5.65. The number of carbonyl (C=O) groups is 1. The molecule has 0 N–H and O–H groups in total. The predicted molar refractivity (Wildman–Crippen MR) is 121 cm³/mol. The normalized spacial score (nSPS) is 20.7.